The minimum Gasteiger partial charge on any atom is -0.212 e. The van der Waals surface area contributed by atoms with Crippen molar-refractivity contribution >= 4 is 15.9 Å². The maximum Gasteiger partial charge on any atom is 0.354 e. The molecule has 5 heteroatoms. The van der Waals surface area contributed by atoms with Crippen LogP contribution in [0, 0.1) is 0 Å². The Morgan fingerprint density at radius 3 is 1.88 bits per heavy atom. The van der Waals surface area contributed by atoms with Crippen LogP contribution in [-0.2, 0) is 0 Å². The summed E-state index contributed by atoms with van der Waals surface area (Å²) in [4.78, 5) is -3.86. The molecule has 0 aliphatic heterocycles. The molecule has 0 radical (unpaired) electrons. The molecule has 0 aromatic heterocycles. The van der Waals surface area contributed by atoms with E-state index < -0.39 is 17.0 Å². The Morgan fingerprint density at radius 2 is 1.88 bits per heavy atom. The molecule has 0 aromatic carbocycles. The van der Waals surface area contributed by atoms with E-state index in [-0.39, 0.29) is 0 Å². The topological polar surface area (TPSA) is 0 Å². The van der Waals surface area contributed by atoms with Crippen LogP contribution in [0.2, 0.25) is 0 Å². The van der Waals surface area contributed by atoms with E-state index in [1.54, 1.807) is 15.9 Å². The van der Waals surface area contributed by atoms with E-state index >= 15 is 0 Å². The zero-order chi connectivity index (χ0) is 6.78. The van der Waals surface area contributed by atoms with Gasteiger partial charge < -0.3 is 0 Å². The molecule has 0 aliphatic carbocycles. The zero-order valence-corrected chi connectivity index (χ0v) is 5.05. The van der Waals surface area contributed by atoms with E-state index in [0.29, 0.717) is 0 Å². The highest BCUT2D eigenvalue weighted by Crippen LogP contribution is 2.31. The highest BCUT2D eigenvalue weighted by Gasteiger charge is 2.30. The van der Waals surface area contributed by atoms with Gasteiger partial charge >= 0.3 is 4.83 Å². The van der Waals surface area contributed by atoms with Gasteiger partial charge in [0.15, 0.2) is 0 Å². The lowest BCUT2D eigenvalue weighted by Gasteiger charge is -2.00. The van der Waals surface area contributed by atoms with Gasteiger partial charge in [-0.3, -0.25) is 0 Å². The molecule has 48 valence electrons. The highest BCUT2D eigenvalue weighted by atomic mass is 79.9. The second kappa shape index (κ2) is 2.48. The van der Waals surface area contributed by atoms with Crippen LogP contribution in [0.3, 0.4) is 0 Å². The number of halogens is 5. The van der Waals surface area contributed by atoms with Crippen molar-refractivity contribution in [2.75, 3.05) is 0 Å². The van der Waals surface area contributed by atoms with Crippen molar-refractivity contribution in [2.45, 2.75) is 4.83 Å². The molecule has 0 nitrogen and oxygen atoms in total. The summed E-state index contributed by atoms with van der Waals surface area (Å²) in [6.07, 6.45) is -0.797. The van der Waals surface area contributed by atoms with Crippen LogP contribution in [-0.4, -0.2) is 4.83 Å². The summed E-state index contributed by atoms with van der Waals surface area (Å²) in [5.74, 6) is -2.13. The first-order chi connectivity index (χ1) is 3.48. The minimum atomic E-state index is -3.86. The van der Waals surface area contributed by atoms with E-state index in [2.05, 4.69) is 0 Å². The highest BCUT2D eigenvalue weighted by molar-refractivity contribution is 9.10. The fourth-order valence-electron chi connectivity index (χ4n) is 0.0619. The van der Waals surface area contributed by atoms with Crippen LogP contribution in [0.25, 0.3) is 0 Å². The fourth-order valence-corrected chi connectivity index (χ4v) is 0.148. The molecule has 0 fully saturated rings. The van der Waals surface area contributed by atoms with Crippen molar-refractivity contribution in [3.05, 3.63) is 12.2 Å². The van der Waals surface area contributed by atoms with Crippen LogP contribution in [0.5, 0.6) is 0 Å². The van der Waals surface area contributed by atoms with E-state index in [1.165, 1.54) is 0 Å². The molecule has 0 amide bonds. The normalized spacial score (nSPS) is 14.4. The zero-order valence-electron chi connectivity index (χ0n) is 3.47. The monoisotopic (exact) mass is 192 g/mol. The molecule has 0 spiro atoms. The van der Waals surface area contributed by atoms with Gasteiger partial charge in [0.25, 0.3) is 0 Å². The molecule has 0 aromatic rings. The maximum atomic E-state index is 11.3. The number of allylic oxidation sites excluding steroid dienone is 1. The Balaban J connectivity index is 4.03. The Morgan fingerprint density at radius 1 is 1.50 bits per heavy atom. The van der Waals surface area contributed by atoms with Crippen molar-refractivity contribution in [1.29, 1.82) is 0 Å². The van der Waals surface area contributed by atoms with Gasteiger partial charge in [0.05, 0.1) is 0 Å². The Kier molecular flexibility index (Phi) is 2.46. The average Bonchev–Trinajstić information content (AvgIpc) is 1.62. The second-order valence-corrected chi connectivity index (χ2v) is 1.95. The van der Waals surface area contributed by atoms with Gasteiger partial charge in [-0.25, -0.2) is 8.78 Å². The summed E-state index contributed by atoms with van der Waals surface area (Å²) in [5, 5.41) is 0. The molecule has 0 heterocycles. The standard InChI is InChI=1S/C3HBrF4/c4-3(7,8)2(6)1-5/h1H. The van der Waals surface area contributed by atoms with Crippen molar-refractivity contribution in [3.8, 4) is 0 Å². The molecule has 0 bridgehead atoms. The number of hydrogen-bond donors (Lipinski definition) is 0. The van der Waals surface area contributed by atoms with Crippen LogP contribution in [0.1, 0.15) is 0 Å². The number of rotatable bonds is 1. The van der Waals surface area contributed by atoms with Crippen molar-refractivity contribution < 1.29 is 17.6 Å². The summed E-state index contributed by atoms with van der Waals surface area (Å²) in [7, 11) is 0. The third-order valence-electron chi connectivity index (χ3n) is 0.367. The Labute approximate surface area is 51.3 Å². The van der Waals surface area contributed by atoms with E-state index in [0.717, 1.165) is 0 Å². The summed E-state index contributed by atoms with van der Waals surface area (Å²) < 4.78 is 44.9. The Bertz CT molecular complexity index is 102. The smallest absolute Gasteiger partial charge is 0.212 e. The van der Waals surface area contributed by atoms with Crippen LogP contribution < -0.4 is 0 Å². The first-order valence-electron chi connectivity index (χ1n) is 1.51. The molecule has 0 N–H and O–H groups in total. The SMILES string of the molecule is FC=C(F)C(F)(F)Br. The summed E-state index contributed by atoms with van der Waals surface area (Å²) in [6, 6.07) is 0. The van der Waals surface area contributed by atoms with Crippen LogP contribution in [0.4, 0.5) is 17.6 Å². The van der Waals surface area contributed by atoms with Gasteiger partial charge in [0, 0.05) is 0 Å². The molecular formula is C3HBrF4. The van der Waals surface area contributed by atoms with Crippen LogP contribution in [0.15, 0.2) is 12.2 Å². The molecule has 0 atom stereocenters. The maximum absolute atomic E-state index is 11.3. The van der Waals surface area contributed by atoms with Crippen molar-refractivity contribution in [3.63, 3.8) is 0 Å². The average molecular weight is 193 g/mol. The quantitative estimate of drug-likeness (QED) is 0.443. The third-order valence-corrected chi connectivity index (χ3v) is 0.745. The molecule has 0 unspecified atom stereocenters. The largest absolute Gasteiger partial charge is 0.354 e. The second-order valence-electron chi connectivity index (χ2n) is 0.955. The van der Waals surface area contributed by atoms with Gasteiger partial charge in [-0.05, 0) is 15.9 Å². The molecule has 0 saturated carbocycles. The van der Waals surface area contributed by atoms with E-state index in [4.69, 9.17) is 0 Å². The van der Waals surface area contributed by atoms with Crippen molar-refractivity contribution in [1.82, 2.24) is 0 Å². The summed E-state index contributed by atoms with van der Waals surface area (Å²) >= 11 is 1.59. The summed E-state index contributed by atoms with van der Waals surface area (Å²) in [5.41, 5.74) is 0. The fraction of sp³-hybridized carbons (Fsp3) is 0.333. The van der Waals surface area contributed by atoms with Crippen LogP contribution >= 0.6 is 15.9 Å². The molecule has 0 aliphatic rings. The first kappa shape index (κ1) is 7.94. The van der Waals surface area contributed by atoms with Gasteiger partial charge in [-0.15, -0.1) is 0 Å². The van der Waals surface area contributed by atoms with Gasteiger partial charge in [-0.1, -0.05) is 0 Å². The third kappa shape index (κ3) is 2.30. The van der Waals surface area contributed by atoms with Gasteiger partial charge in [-0.2, -0.15) is 8.78 Å². The number of alkyl halides is 3. The lowest BCUT2D eigenvalue weighted by atomic mass is 10.6. The first-order valence-corrected chi connectivity index (χ1v) is 2.31. The predicted octanol–water partition coefficient (Wildman–Crippen LogP) is 2.75. The van der Waals surface area contributed by atoms with Gasteiger partial charge in [0.2, 0.25) is 5.83 Å². The lowest BCUT2D eigenvalue weighted by Crippen LogP contribution is -2.03. The molecule has 8 heavy (non-hydrogen) atoms. The number of hydrogen-bond acceptors (Lipinski definition) is 0. The predicted molar refractivity (Wildman–Crippen MR) is 24.2 cm³/mol. The molecule has 0 saturated heterocycles. The molecule has 0 rings (SSSR count). The van der Waals surface area contributed by atoms with E-state index in [1.807, 2.05) is 0 Å². The van der Waals surface area contributed by atoms with Gasteiger partial charge in [0.1, 0.15) is 6.33 Å². The summed E-state index contributed by atoms with van der Waals surface area (Å²) in [6.45, 7) is 0. The molecular weight excluding hydrogens is 192 g/mol. The minimum absolute atomic E-state index is 0.797. The van der Waals surface area contributed by atoms with Crippen molar-refractivity contribution in [2.24, 2.45) is 0 Å². The van der Waals surface area contributed by atoms with E-state index in [9.17, 15) is 17.6 Å². The Hall–Kier alpha value is -0.0600. The lowest BCUT2D eigenvalue weighted by molar-refractivity contribution is 0.125.